The fourth-order valence-electron chi connectivity index (χ4n) is 1.77. The minimum atomic E-state index is 0.449. The molecule has 0 aliphatic heterocycles. The Morgan fingerprint density at radius 3 is 2.67 bits per heavy atom. The highest BCUT2D eigenvalue weighted by atomic mass is 16.5. The highest BCUT2D eigenvalue weighted by molar-refractivity contribution is 5.65. The van der Waals surface area contributed by atoms with Crippen molar-refractivity contribution in [2.24, 2.45) is 0 Å². The van der Waals surface area contributed by atoms with Crippen LogP contribution in [0.25, 0.3) is 11.3 Å². The first kappa shape index (κ1) is 12.7. The summed E-state index contributed by atoms with van der Waals surface area (Å²) in [4.78, 5) is 0. The number of ether oxygens (including phenoxy) is 1. The van der Waals surface area contributed by atoms with E-state index >= 15 is 0 Å². The number of benzene rings is 1. The lowest BCUT2D eigenvalue weighted by Crippen LogP contribution is -2.21. The van der Waals surface area contributed by atoms with E-state index < -0.39 is 0 Å². The molecule has 1 aromatic heterocycles. The summed E-state index contributed by atoms with van der Waals surface area (Å²) in [5, 5.41) is 3.33. The quantitative estimate of drug-likeness (QED) is 0.876. The molecule has 1 N–H and O–H groups in total. The van der Waals surface area contributed by atoms with Gasteiger partial charge in [-0.1, -0.05) is 26.0 Å². The van der Waals surface area contributed by atoms with E-state index in [1.807, 2.05) is 36.4 Å². The van der Waals surface area contributed by atoms with Crippen molar-refractivity contribution in [3.8, 4) is 17.1 Å². The third-order valence-corrected chi connectivity index (χ3v) is 2.72. The van der Waals surface area contributed by atoms with Gasteiger partial charge < -0.3 is 14.5 Å². The molecule has 0 amide bonds. The third kappa shape index (κ3) is 2.93. The molecule has 1 heterocycles. The van der Waals surface area contributed by atoms with Crippen molar-refractivity contribution in [1.82, 2.24) is 5.32 Å². The van der Waals surface area contributed by atoms with Crippen molar-refractivity contribution in [1.29, 1.82) is 0 Å². The van der Waals surface area contributed by atoms with Crippen molar-refractivity contribution < 1.29 is 9.15 Å². The molecule has 1 aromatic carbocycles. The maximum absolute atomic E-state index is 5.82. The largest absolute Gasteiger partial charge is 0.496 e. The Hall–Kier alpha value is -1.74. The Morgan fingerprint density at radius 1 is 1.17 bits per heavy atom. The second-order valence-electron chi connectivity index (χ2n) is 4.50. The predicted octanol–water partition coefficient (Wildman–Crippen LogP) is 3.45. The van der Waals surface area contributed by atoms with Crippen LogP contribution in [0, 0.1) is 0 Å². The van der Waals surface area contributed by atoms with Gasteiger partial charge in [-0.15, -0.1) is 0 Å². The Kier molecular flexibility index (Phi) is 4.05. The van der Waals surface area contributed by atoms with Gasteiger partial charge in [0.25, 0.3) is 0 Å². The van der Waals surface area contributed by atoms with Gasteiger partial charge >= 0.3 is 0 Å². The maximum Gasteiger partial charge on any atom is 0.138 e. The molecule has 0 radical (unpaired) electrons. The Labute approximate surface area is 108 Å². The highest BCUT2D eigenvalue weighted by Crippen LogP contribution is 2.30. The van der Waals surface area contributed by atoms with E-state index in [4.69, 9.17) is 9.15 Å². The lowest BCUT2D eigenvalue weighted by Gasteiger charge is -2.06. The van der Waals surface area contributed by atoms with E-state index in [9.17, 15) is 0 Å². The van der Waals surface area contributed by atoms with Crippen molar-refractivity contribution in [2.75, 3.05) is 7.11 Å². The second-order valence-corrected chi connectivity index (χ2v) is 4.50. The minimum absolute atomic E-state index is 0.449. The number of furan rings is 1. The molecule has 0 fully saturated rings. The van der Waals surface area contributed by atoms with Crippen LogP contribution in [0.15, 0.2) is 40.8 Å². The molecule has 0 spiro atoms. The zero-order chi connectivity index (χ0) is 13.0. The number of para-hydroxylation sites is 1. The zero-order valence-electron chi connectivity index (χ0n) is 11.1. The summed E-state index contributed by atoms with van der Waals surface area (Å²) in [5.41, 5.74) is 0.982. The van der Waals surface area contributed by atoms with Crippen molar-refractivity contribution in [3.63, 3.8) is 0 Å². The molecule has 96 valence electrons. The summed E-state index contributed by atoms with van der Waals surface area (Å²) in [6.45, 7) is 4.97. The monoisotopic (exact) mass is 245 g/mol. The average Bonchev–Trinajstić information content (AvgIpc) is 2.85. The highest BCUT2D eigenvalue weighted by Gasteiger charge is 2.09. The molecule has 3 nitrogen and oxygen atoms in total. The first-order valence-electron chi connectivity index (χ1n) is 6.16. The van der Waals surface area contributed by atoms with Gasteiger partial charge in [-0.2, -0.15) is 0 Å². The third-order valence-electron chi connectivity index (χ3n) is 2.72. The van der Waals surface area contributed by atoms with E-state index in [0.717, 1.165) is 29.4 Å². The molecule has 0 saturated carbocycles. The topological polar surface area (TPSA) is 34.4 Å². The van der Waals surface area contributed by atoms with Gasteiger partial charge in [0.2, 0.25) is 0 Å². The van der Waals surface area contributed by atoms with Gasteiger partial charge in [-0.25, -0.2) is 0 Å². The predicted molar refractivity (Wildman–Crippen MR) is 72.7 cm³/mol. The van der Waals surface area contributed by atoms with Crippen LogP contribution in [-0.4, -0.2) is 13.2 Å². The minimum Gasteiger partial charge on any atom is -0.496 e. The van der Waals surface area contributed by atoms with Gasteiger partial charge in [-0.3, -0.25) is 0 Å². The summed E-state index contributed by atoms with van der Waals surface area (Å²) in [6, 6.07) is 12.3. The summed E-state index contributed by atoms with van der Waals surface area (Å²) in [6.07, 6.45) is 0. The fraction of sp³-hybridized carbons (Fsp3) is 0.333. The van der Waals surface area contributed by atoms with Crippen molar-refractivity contribution in [3.05, 3.63) is 42.2 Å². The van der Waals surface area contributed by atoms with Gasteiger partial charge in [0.1, 0.15) is 17.3 Å². The average molecular weight is 245 g/mol. The Balaban J connectivity index is 2.18. The van der Waals surface area contributed by atoms with Crippen LogP contribution in [0.1, 0.15) is 19.6 Å². The number of nitrogens with one attached hydrogen (secondary N) is 1. The van der Waals surface area contributed by atoms with Gasteiger partial charge in [0.15, 0.2) is 0 Å². The standard InChI is InChI=1S/C15H19NO2/c1-11(2)16-10-12-8-9-15(18-12)13-6-4-5-7-14(13)17-3/h4-9,11,16H,10H2,1-3H3. The SMILES string of the molecule is COc1ccccc1-c1ccc(CNC(C)C)o1. The normalized spacial score (nSPS) is 10.9. The van der Waals surface area contributed by atoms with Crippen molar-refractivity contribution in [2.45, 2.75) is 26.4 Å². The van der Waals surface area contributed by atoms with Gasteiger partial charge in [0, 0.05) is 6.04 Å². The van der Waals surface area contributed by atoms with E-state index in [1.54, 1.807) is 7.11 Å². The Morgan fingerprint density at radius 2 is 1.94 bits per heavy atom. The molecular formula is C15H19NO2. The summed E-state index contributed by atoms with van der Waals surface area (Å²) >= 11 is 0. The molecule has 0 aliphatic rings. The van der Waals surface area contributed by atoms with E-state index in [-0.39, 0.29) is 0 Å². The molecular weight excluding hydrogens is 226 g/mol. The van der Waals surface area contributed by atoms with E-state index in [0.29, 0.717) is 6.04 Å². The van der Waals surface area contributed by atoms with Crippen LogP contribution in [-0.2, 0) is 6.54 Å². The van der Waals surface area contributed by atoms with E-state index in [1.165, 1.54) is 0 Å². The molecule has 3 heteroatoms. The molecule has 0 unspecified atom stereocenters. The summed E-state index contributed by atoms with van der Waals surface area (Å²) in [5.74, 6) is 2.60. The van der Waals surface area contributed by atoms with Crippen LogP contribution in [0.5, 0.6) is 5.75 Å². The fourth-order valence-corrected chi connectivity index (χ4v) is 1.77. The first-order valence-corrected chi connectivity index (χ1v) is 6.16. The van der Waals surface area contributed by atoms with Gasteiger partial charge in [-0.05, 0) is 24.3 Å². The van der Waals surface area contributed by atoms with Crippen LogP contribution in [0.2, 0.25) is 0 Å². The number of rotatable bonds is 5. The molecule has 0 aliphatic carbocycles. The number of hydrogen-bond acceptors (Lipinski definition) is 3. The smallest absolute Gasteiger partial charge is 0.138 e. The second kappa shape index (κ2) is 5.74. The van der Waals surface area contributed by atoms with Crippen LogP contribution in [0.4, 0.5) is 0 Å². The summed E-state index contributed by atoms with van der Waals surface area (Å²) < 4.78 is 11.2. The molecule has 0 bridgehead atoms. The molecule has 18 heavy (non-hydrogen) atoms. The van der Waals surface area contributed by atoms with Crippen molar-refractivity contribution >= 4 is 0 Å². The molecule has 0 atom stereocenters. The lowest BCUT2D eigenvalue weighted by molar-refractivity contribution is 0.413. The van der Waals surface area contributed by atoms with Crippen LogP contribution in [0.3, 0.4) is 0 Å². The van der Waals surface area contributed by atoms with E-state index in [2.05, 4.69) is 19.2 Å². The maximum atomic E-state index is 5.82. The number of methoxy groups -OCH3 is 1. The Bertz CT molecular complexity index is 503. The van der Waals surface area contributed by atoms with Crippen LogP contribution >= 0.6 is 0 Å². The molecule has 0 saturated heterocycles. The molecule has 2 aromatic rings. The summed E-state index contributed by atoms with van der Waals surface area (Å²) in [7, 11) is 1.67. The zero-order valence-corrected chi connectivity index (χ0v) is 11.1. The number of hydrogen-bond donors (Lipinski definition) is 1. The van der Waals surface area contributed by atoms with Crippen LogP contribution < -0.4 is 10.1 Å². The lowest BCUT2D eigenvalue weighted by atomic mass is 10.1. The molecule has 2 rings (SSSR count). The van der Waals surface area contributed by atoms with Gasteiger partial charge in [0.05, 0.1) is 19.2 Å². The first-order chi connectivity index (χ1) is 8.70.